The fourth-order valence-electron chi connectivity index (χ4n) is 3.89. The highest BCUT2D eigenvalue weighted by atomic mass is 16.5. The minimum Gasteiger partial charge on any atom is -0.368 e. The Balaban J connectivity index is 1.44. The lowest BCUT2D eigenvalue weighted by atomic mass is 9.87. The molecule has 2 atom stereocenters. The first-order chi connectivity index (χ1) is 13.2. The highest BCUT2D eigenvalue weighted by Crippen LogP contribution is 2.29. The second-order valence-corrected chi connectivity index (χ2v) is 7.19. The van der Waals surface area contributed by atoms with E-state index in [9.17, 15) is 9.59 Å². The summed E-state index contributed by atoms with van der Waals surface area (Å²) in [6.45, 7) is 0.628. The molecule has 2 aromatic rings. The van der Waals surface area contributed by atoms with Crippen LogP contribution in [-0.4, -0.2) is 24.5 Å². The van der Waals surface area contributed by atoms with Gasteiger partial charge in [-0.25, -0.2) is 0 Å². The minimum atomic E-state index is -0.388. The molecule has 140 valence electrons. The monoisotopic (exact) mass is 364 g/mol. The molecule has 0 spiro atoms. The fraction of sp³-hybridized carbons (Fsp3) is 0.364. The van der Waals surface area contributed by atoms with Gasteiger partial charge < -0.3 is 15.4 Å². The van der Waals surface area contributed by atoms with Gasteiger partial charge in [0, 0.05) is 17.9 Å². The topological polar surface area (TPSA) is 67.4 Å². The standard InChI is InChI=1S/C22H24N2O3/c25-21(24-19-11-4-7-15-6-1-2-10-18(15)19)16-8-3-9-17(14-16)23-22(26)20-12-5-13-27-20/h1-3,6,8-10,14,19-20H,4-5,7,11-13H2,(H,23,26)(H,24,25). The van der Waals surface area contributed by atoms with Crippen LogP contribution in [0.1, 0.15) is 53.2 Å². The molecule has 0 saturated carbocycles. The van der Waals surface area contributed by atoms with Crippen molar-refractivity contribution in [3.8, 4) is 0 Å². The summed E-state index contributed by atoms with van der Waals surface area (Å²) in [5, 5.41) is 6.01. The Labute approximate surface area is 159 Å². The molecule has 2 unspecified atom stereocenters. The zero-order valence-corrected chi connectivity index (χ0v) is 15.2. The summed E-state index contributed by atoms with van der Waals surface area (Å²) in [5.74, 6) is -0.267. The van der Waals surface area contributed by atoms with E-state index in [0.717, 1.165) is 32.1 Å². The van der Waals surface area contributed by atoms with Crippen molar-refractivity contribution >= 4 is 17.5 Å². The summed E-state index contributed by atoms with van der Waals surface area (Å²) in [6.07, 6.45) is 4.34. The van der Waals surface area contributed by atoms with Crippen molar-refractivity contribution in [2.45, 2.75) is 44.2 Å². The number of aryl methyl sites for hydroxylation is 1. The van der Waals surface area contributed by atoms with Gasteiger partial charge in [0.1, 0.15) is 6.10 Å². The molecule has 1 aliphatic carbocycles. The number of rotatable bonds is 4. The Morgan fingerprint density at radius 3 is 2.74 bits per heavy atom. The largest absolute Gasteiger partial charge is 0.368 e. The van der Waals surface area contributed by atoms with E-state index in [0.29, 0.717) is 17.9 Å². The van der Waals surface area contributed by atoms with Crippen molar-refractivity contribution in [1.29, 1.82) is 0 Å². The normalized spacial score (nSPS) is 21.3. The van der Waals surface area contributed by atoms with E-state index in [1.54, 1.807) is 24.3 Å². The fourth-order valence-corrected chi connectivity index (χ4v) is 3.89. The van der Waals surface area contributed by atoms with Crippen molar-refractivity contribution < 1.29 is 14.3 Å². The number of fused-ring (bicyclic) bond motifs is 1. The Morgan fingerprint density at radius 1 is 1.00 bits per heavy atom. The van der Waals surface area contributed by atoms with Crippen LogP contribution in [0.4, 0.5) is 5.69 Å². The average molecular weight is 364 g/mol. The van der Waals surface area contributed by atoms with E-state index >= 15 is 0 Å². The van der Waals surface area contributed by atoms with Crippen LogP contribution in [0, 0.1) is 0 Å². The predicted molar refractivity (Wildman–Crippen MR) is 104 cm³/mol. The Morgan fingerprint density at radius 2 is 1.89 bits per heavy atom. The van der Waals surface area contributed by atoms with Gasteiger partial charge in [-0.05, 0) is 61.4 Å². The zero-order chi connectivity index (χ0) is 18.6. The highest BCUT2D eigenvalue weighted by molar-refractivity contribution is 5.98. The molecular formula is C22H24N2O3. The Hall–Kier alpha value is -2.66. The number of anilines is 1. The molecule has 2 aromatic carbocycles. The number of carbonyl (C=O) groups excluding carboxylic acids is 2. The van der Waals surface area contributed by atoms with Crippen LogP contribution in [-0.2, 0) is 16.0 Å². The van der Waals surface area contributed by atoms with Gasteiger partial charge in [0.2, 0.25) is 0 Å². The van der Waals surface area contributed by atoms with E-state index in [-0.39, 0.29) is 24.0 Å². The van der Waals surface area contributed by atoms with Crippen LogP contribution in [0.3, 0.4) is 0 Å². The van der Waals surface area contributed by atoms with E-state index < -0.39 is 0 Å². The molecule has 1 heterocycles. The molecule has 27 heavy (non-hydrogen) atoms. The number of carbonyl (C=O) groups is 2. The molecule has 5 heteroatoms. The molecular weight excluding hydrogens is 340 g/mol. The zero-order valence-electron chi connectivity index (χ0n) is 15.2. The van der Waals surface area contributed by atoms with Crippen molar-refractivity contribution in [3.05, 3.63) is 65.2 Å². The van der Waals surface area contributed by atoms with Crippen LogP contribution < -0.4 is 10.6 Å². The summed E-state index contributed by atoms with van der Waals surface area (Å²) in [6, 6.07) is 15.4. The summed E-state index contributed by atoms with van der Waals surface area (Å²) < 4.78 is 5.41. The molecule has 0 aromatic heterocycles. The molecule has 2 aliphatic rings. The second-order valence-electron chi connectivity index (χ2n) is 7.19. The lowest BCUT2D eigenvalue weighted by molar-refractivity contribution is -0.124. The first-order valence-electron chi connectivity index (χ1n) is 9.62. The SMILES string of the molecule is O=C(NC1CCCc2ccccc21)c1cccc(NC(=O)C2CCCO2)c1. The van der Waals surface area contributed by atoms with Gasteiger partial charge >= 0.3 is 0 Å². The molecule has 1 saturated heterocycles. The van der Waals surface area contributed by atoms with Gasteiger partial charge in [-0.1, -0.05) is 30.3 Å². The number of amides is 2. The van der Waals surface area contributed by atoms with Gasteiger partial charge in [-0.15, -0.1) is 0 Å². The van der Waals surface area contributed by atoms with Gasteiger partial charge in [0.25, 0.3) is 11.8 Å². The van der Waals surface area contributed by atoms with Gasteiger partial charge in [-0.2, -0.15) is 0 Å². The van der Waals surface area contributed by atoms with E-state index in [1.807, 2.05) is 12.1 Å². The van der Waals surface area contributed by atoms with Gasteiger partial charge in [-0.3, -0.25) is 9.59 Å². The summed E-state index contributed by atoms with van der Waals surface area (Å²) in [7, 11) is 0. The van der Waals surface area contributed by atoms with Crippen molar-refractivity contribution in [3.63, 3.8) is 0 Å². The smallest absolute Gasteiger partial charge is 0.253 e. The average Bonchev–Trinajstić information content (AvgIpc) is 3.23. The Kier molecular flexibility index (Phi) is 5.21. The maximum Gasteiger partial charge on any atom is 0.253 e. The highest BCUT2D eigenvalue weighted by Gasteiger charge is 2.24. The molecule has 0 radical (unpaired) electrons. The molecule has 5 nitrogen and oxygen atoms in total. The lowest BCUT2D eigenvalue weighted by Crippen LogP contribution is -2.31. The summed E-state index contributed by atoms with van der Waals surface area (Å²) in [4.78, 5) is 25.0. The summed E-state index contributed by atoms with van der Waals surface area (Å²) >= 11 is 0. The molecule has 1 aliphatic heterocycles. The maximum atomic E-state index is 12.8. The third-order valence-electron chi connectivity index (χ3n) is 5.29. The second kappa shape index (κ2) is 7.92. The van der Waals surface area contributed by atoms with Gasteiger partial charge in [0.05, 0.1) is 6.04 Å². The van der Waals surface area contributed by atoms with E-state index in [2.05, 4.69) is 22.8 Å². The van der Waals surface area contributed by atoms with Gasteiger partial charge in [0.15, 0.2) is 0 Å². The Bertz CT molecular complexity index is 843. The van der Waals surface area contributed by atoms with E-state index in [1.165, 1.54) is 11.1 Å². The molecule has 2 N–H and O–H groups in total. The minimum absolute atomic E-state index is 0.0348. The van der Waals surface area contributed by atoms with Crippen LogP contribution in [0.15, 0.2) is 48.5 Å². The molecule has 4 rings (SSSR count). The van der Waals surface area contributed by atoms with Crippen molar-refractivity contribution in [2.75, 3.05) is 11.9 Å². The van der Waals surface area contributed by atoms with Crippen LogP contribution in [0.25, 0.3) is 0 Å². The van der Waals surface area contributed by atoms with Crippen molar-refractivity contribution in [1.82, 2.24) is 5.32 Å². The summed E-state index contributed by atoms with van der Waals surface area (Å²) in [5.41, 5.74) is 3.68. The number of nitrogens with one attached hydrogen (secondary N) is 2. The molecule has 2 amide bonds. The molecule has 1 fully saturated rings. The maximum absolute atomic E-state index is 12.8. The quantitative estimate of drug-likeness (QED) is 0.871. The predicted octanol–water partition coefficient (Wildman–Crippen LogP) is 3.61. The number of hydrogen-bond acceptors (Lipinski definition) is 3. The third kappa shape index (κ3) is 4.03. The first-order valence-corrected chi connectivity index (χ1v) is 9.62. The van der Waals surface area contributed by atoms with Crippen molar-refractivity contribution in [2.24, 2.45) is 0 Å². The number of ether oxygens (including phenoxy) is 1. The number of hydrogen-bond donors (Lipinski definition) is 2. The van der Waals surface area contributed by atoms with Crippen LogP contribution in [0.5, 0.6) is 0 Å². The van der Waals surface area contributed by atoms with Crippen LogP contribution in [0.2, 0.25) is 0 Å². The lowest BCUT2D eigenvalue weighted by Gasteiger charge is -2.26. The van der Waals surface area contributed by atoms with E-state index in [4.69, 9.17) is 4.74 Å². The molecule has 0 bridgehead atoms. The first kappa shape index (κ1) is 17.7. The van der Waals surface area contributed by atoms with Crippen LogP contribution >= 0.6 is 0 Å². The third-order valence-corrected chi connectivity index (χ3v) is 5.29. The number of benzene rings is 2.